The zero-order chi connectivity index (χ0) is 23.6. The van der Waals surface area contributed by atoms with Gasteiger partial charge in [0.1, 0.15) is 5.75 Å². The van der Waals surface area contributed by atoms with Gasteiger partial charge in [-0.05, 0) is 60.1 Å². The molecule has 0 fully saturated rings. The van der Waals surface area contributed by atoms with Crippen LogP contribution >= 0.6 is 0 Å². The van der Waals surface area contributed by atoms with Crippen LogP contribution in [0.5, 0.6) is 5.75 Å². The van der Waals surface area contributed by atoms with Gasteiger partial charge < -0.3 is 10.1 Å². The van der Waals surface area contributed by atoms with Gasteiger partial charge in [-0.15, -0.1) is 0 Å². The second kappa shape index (κ2) is 12.2. The average molecular weight is 446 g/mol. The van der Waals surface area contributed by atoms with E-state index in [1.165, 1.54) is 51.0 Å². The van der Waals surface area contributed by atoms with Gasteiger partial charge in [-0.3, -0.25) is 0 Å². The van der Waals surface area contributed by atoms with E-state index in [1.54, 1.807) is 0 Å². The molecule has 2 nitrogen and oxygen atoms in total. The van der Waals surface area contributed by atoms with Crippen molar-refractivity contribution in [2.24, 2.45) is 10.8 Å². The lowest BCUT2D eigenvalue weighted by Crippen LogP contribution is -2.29. The number of anilines is 2. The number of hydrogen-bond acceptors (Lipinski definition) is 2. The summed E-state index contributed by atoms with van der Waals surface area (Å²) in [6, 6.07) is 11.3. The SMILES string of the molecule is CC(C)(C)C(C)(C)CCCCCCCCCOc1ccc(Nc2ccc(F)c(F)c2)cc1. The highest BCUT2D eigenvalue weighted by atomic mass is 19.2. The molecule has 2 aromatic rings. The number of rotatable bonds is 13. The summed E-state index contributed by atoms with van der Waals surface area (Å²) in [6.07, 6.45) is 10.1. The molecule has 0 heterocycles. The lowest BCUT2D eigenvalue weighted by molar-refractivity contribution is 0.115. The zero-order valence-corrected chi connectivity index (χ0v) is 20.6. The fraction of sp³-hybridized carbons (Fsp3) is 0.571. The molecule has 2 rings (SSSR count). The number of unbranched alkanes of at least 4 members (excludes halogenated alkanes) is 6. The van der Waals surface area contributed by atoms with E-state index in [9.17, 15) is 8.78 Å². The quantitative estimate of drug-likeness (QED) is 0.310. The van der Waals surface area contributed by atoms with E-state index in [0.29, 0.717) is 16.5 Å². The van der Waals surface area contributed by atoms with Crippen LogP contribution in [0.1, 0.15) is 86.0 Å². The third-order valence-corrected chi connectivity index (χ3v) is 6.81. The highest BCUT2D eigenvalue weighted by Gasteiger charge is 2.31. The molecule has 0 bridgehead atoms. The summed E-state index contributed by atoms with van der Waals surface area (Å²) in [6.45, 7) is 12.5. The molecule has 0 amide bonds. The minimum atomic E-state index is -0.862. The van der Waals surface area contributed by atoms with Crippen LogP contribution in [0.4, 0.5) is 20.2 Å². The second-order valence-electron chi connectivity index (χ2n) is 10.5. The summed E-state index contributed by atoms with van der Waals surface area (Å²) in [5.74, 6) is -0.888. The van der Waals surface area contributed by atoms with Crippen LogP contribution in [0, 0.1) is 22.5 Å². The minimum Gasteiger partial charge on any atom is -0.494 e. The molecule has 2 aromatic carbocycles. The van der Waals surface area contributed by atoms with E-state index in [1.807, 2.05) is 24.3 Å². The minimum absolute atomic E-state index is 0.367. The summed E-state index contributed by atoms with van der Waals surface area (Å²) in [7, 11) is 0. The third-order valence-electron chi connectivity index (χ3n) is 6.81. The van der Waals surface area contributed by atoms with Crippen LogP contribution in [0.3, 0.4) is 0 Å². The Morgan fingerprint density at radius 1 is 0.688 bits per heavy atom. The van der Waals surface area contributed by atoms with Crippen molar-refractivity contribution < 1.29 is 13.5 Å². The van der Waals surface area contributed by atoms with Crippen LogP contribution in [-0.4, -0.2) is 6.61 Å². The molecular formula is C28H41F2NO. The zero-order valence-electron chi connectivity index (χ0n) is 20.6. The van der Waals surface area contributed by atoms with Crippen molar-refractivity contribution in [3.63, 3.8) is 0 Å². The van der Waals surface area contributed by atoms with Gasteiger partial charge in [-0.25, -0.2) is 8.78 Å². The largest absolute Gasteiger partial charge is 0.494 e. The predicted octanol–water partition coefficient (Wildman–Crippen LogP) is 9.28. The van der Waals surface area contributed by atoms with Gasteiger partial charge in [-0.2, -0.15) is 0 Å². The van der Waals surface area contributed by atoms with Gasteiger partial charge in [0, 0.05) is 17.4 Å². The Morgan fingerprint density at radius 3 is 1.84 bits per heavy atom. The maximum absolute atomic E-state index is 13.3. The fourth-order valence-corrected chi connectivity index (χ4v) is 3.49. The fourth-order valence-electron chi connectivity index (χ4n) is 3.49. The molecule has 4 heteroatoms. The Hall–Kier alpha value is -2.10. The van der Waals surface area contributed by atoms with Gasteiger partial charge in [0.05, 0.1) is 6.61 Å². The average Bonchev–Trinajstić information content (AvgIpc) is 2.72. The number of halogens is 2. The van der Waals surface area contributed by atoms with Crippen molar-refractivity contribution in [3.05, 3.63) is 54.1 Å². The van der Waals surface area contributed by atoms with Crippen LogP contribution in [-0.2, 0) is 0 Å². The van der Waals surface area contributed by atoms with E-state index in [-0.39, 0.29) is 0 Å². The van der Waals surface area contributed by atoms with Crippen LogP contribution in [0.25, 0.3) is 0 Å². The van der Waals surface area contributed by atoms with E-state index in [2.05, 4.69) is 39.9 Å². The van der Waals surface area contributed by atoms with Crippen LogP contribution < -0.4 is 10.1 Å². The summed E-state index contributed by atoms with van der Waals surface area (Å²) in [5.41, 5.74) is 2.08. The predicted molar refractivity (Wildman–Crippen MR) is 132 cm³/mol. The molecule has 0 radical (unpaired) electrons. The molecule has 1 N–H and O–H groups in total. The van der Waals surface area contributed by atoms with Crippen LogP contribution in [0.2, 0.25) is 0 Å². The first-order valence-corrected chi connectivity index (χ1v) is 12.0. The molecule has 0 aromatic heterocycles. The summed E-state index contributed by atoms with van der Waals surface area (Å²) in [5, 5.41) is 3.06. The van der Waals surface area contributed by atoms with Crippen molar-refractivity contribution in [1.29, 1.82) is 0 Å². The Bertz CT molecular complexity index is 809. The van der Waals surface area contributed by atoms with Gasteiger partial charge in [0.2, 0.25) is 0 Å². The molecule has 0 aliphatic heterocycles. The van der Waals surface area contributed by atoms with Crippen molar-refractivity contribution in [1.82, 2.24) is 0 Å². The molecule has 178 valence electrons. The van der Waals surface area contributed by atoms with Crippen molar-refractivity contribution in [3.8, 4) is 5.75 Å². The Balaban J connectivity index is 1.53. The molecule has 0 saturated carbocycles. The Morgan fingerprint density at radius 2 is 1.25 bits per heavy atom. The summed E-state index contributed by atoms with van der Waals surface area (Å²) in [4.78, 5) is 0. The van der Waals surface area contributed by atoms with E-state index < -0.39 is 11.6 Å². The van der Waals surface area contributed by atoms with Gasteiger partial charge in [0.15, 0.2) is 11.6 Å². The third kappa shape index (κ3) is 8.80. The Labute approximate surface area is 193 Å². The van der Waals surface area contributed by atoms with Crippen LogP contribution in [0.15, 0.2) is 42.5 Å². The van der Waals surface area contributed by atoms with Gasteiger partial charge in [0.25, 0.3) is 0 Å². The maximum Gasteiger partial charge on any atom is 0.160 e. The molecule has 0 atom stereocenters. The standard InChI is InChI=1S/C28H41F2NO/c1-27(2,3)28(4,5)19-11-9-7-6-8-10-12-20-32-24-16-13-22(14-17-24)31-23-15-18-25(29)26(30)21-23/h13-18,21,31H,6-12,19-20H2,1-5H3. The highest BCUT2D eigenvalue weighted by molar-refractivity contribution is 5.60. The van der Waals surface area contributed by atoms with Crippen molar-refractivity contribution >= 4 is 11.4 Å². The number of benzene rings is 2. The Kier molecular flexibility index (Phi) is 9.99. The van der Waals surface area contributed by atoms with Gasteiger partial charge in [-0.1, -0.05) is 73.1 Å². The van der Waals surface area contributed by atoms with Crippen molar-refractivity contribution in [2.45, 2.75) is 86.0 Å². The summed E-state index contributed by atoms with van der Waals surface area (Å²) >= 11 is 0. The van der Waals surface area contributed by atoms with E-state index >= 15 is 0 Å². The lowest BCUT2D eigenvalue weighted by atomic mass is 9.67. The molecule has 0 aliphatic rings. The van der Waals surface area contributed by atoms with E-state index in [4.69, 9.17) is 4.74 Å². The molecular weight excluding hydrogens is 404 g/mol. The first-order valence-electron chi connectivity index (χ1n) is 12.0. The maximum atomic E-state index is 13.3. The molecule has 0 saturated heterocycles. The smallest absolute Gasteiger partial charge is 0.160 e. The monoisotopic (exact) mass is 445 g/mol. The normalized spacial score (nSPS) is 12.1. The molecule has 0 spiro atoms. The second-order valence-corrected chi connectivity index (χ2v) is 10.5. The molecule has 0 aliphatic carbocycles. The lowest BCUT2D eigenvalue weighted by Gasteiger charge is -2.39. The summed E-state index contributed by atoms with van der Waals surface area (Å²) < 4.78 is 32.1. The molecule has 32 heavy (non-hydrogen) atoms. The number of nitrogens with one attached hydrogen (secondary N) is 1. The van der Waals surface area contributed by atoms with Gasteiger partial charge >= 0.3 is 0 Å². The first-order chi connectivity index (χ1) is 15.1. The van der Waals surface area contributed by atoms with Crippen molar-refractivity contribution in [2.75, 3.05) is 11.9 Å². The topological polar surface area (TPSA) is 21.3 Å². The highest BCUT2D eigenvalue weighted by Crippen LogP contribution is 2.41. The number of hydrogen-bond donors (Lipinski definition) is 1. The molecule has 0 unspecified atom stereocenters. The van der Waals surface area contributed by atoms with E-state index in [0.717, 1.165) is 36.6 Å². The number of ether oxygens (including phenoxy) is 1. The first kappa shape index (κ1) is 26.2.